The van der Waals surface area contributed by atoms with Crippen LogP contribution in [-0.2, 0) is 16.4 Å². The average Bonchev–Trinajstić information content (AvgIpc) is 2.37. The van der Waals surface area contributed by atoms with Crippen LogP contribution >= 0.6 is 11.6 Å². The number of halogens is 1. The molecule has 4 nitrogen and oxygen atoms in total. The van der Waals surface area contributed by atoms with Crippen LogP contribution in [0.3, 0.4) is 0 Å². The number of sulfone groups is 1. The Hall–Kier alpha value is -1.72. The van der Waals surface area contributed by atoms with Crippen molar-refractivity contribution in [1.29, 1.82) is 0 Å². The standard InChI is InChI=1S/C14H15ClN2O2S/c1-20(18,19)12-5-2-10(3-6-12)9-17-14-7-4-11(16)8-13(14)15/h2-8,17H,9,16H2,1H3. The average molecular weight is 311 g/mol. The van der Waals surface area contributed by atoms with Crippen molar-refractivity contribution in [2.24, 2.45) is 0 Å². The number of hydrogen-bond donors (Lipinski definition) is 2. The molecule has 0 amide bonds. The Balaban J connectivity index is 2.08. The summed E-state index contributed by atoms with van der Waals surface area (Å²) in [6.07, 6.45) is 1.19. The third-order valence-corrected chi connectivity index (χ3v) is 4.27. The molecule has 0 saturated heterocycles. The largest absolute Gasteiger partial charge is 0.399 e. The highest BCUT2D eigenvalue weighted by atomic mass is 35.5. The Labute approximate surface area is 123 Å². The van der Waals surface area contributed by atoms with Gasteiger partial charge < -0.3 is 11.1 Å². The summed E-state index contributed by atoms with van der Waals surface area (Å²) < 4.78 is 22.7. The van der Waals surface area contributed by atoms with E-state index in [1.54, 1.807) is 36.4 Å². The van der Waals surface area contributed by atoms with Crippen molar-refractivity contribution in [2.45, 2.75) is 11.4 Å². The van der Waals surface area contributed by atoms with E-state index in [2.05, 4.69) is 5.32 Å². The van der Waals surface area contributed by atoms with E-state index in [1.807, 2.05) is 6.07 Å². The minimum atomic E-state index is -3.15. The minimum absolute atomic E-state index is 0.312. The summed E-state index contributed by atoms with van der Waals surface area (Å²) in [5.74, 6) is 0. The Morgan fingerprint density at radius 3 is 2.35 bits per heavy atom. The molecule has 0 aliphatic heterocycles. The van der Waals surface area contributed by atoms with Gasteiger partial charge in [-0.2, -0.15) is 0 Å². The molecule has 0 saturated carbocycles. The number of nitrogens with two attached hydrogens (primary N) is 1. The molecule has 2 rings (SSSR count). The number of nitrogens with one attached hydrogen (secondary N) is 1. The van der Waals surface area contributed by atoms with E-state index in [-0.39, 0.29) is 0 Å². The van der Waals surface area contributed by atoms with Crippen LogP contribution in [0.5, 0.6) is 0 Å². The zero-order valence-corrected chi connectivity index (χ0v) is 12.5. The number of hydrogen-bond acceptors (Lipinski definition) is 4. The van der Waals surface area contributed by atoms with Crippen LogP contribution in [0.4, 0.5) is 11.4 Å². The molecule has 3 N–H and O–H groups in total. The van der Waals surface area contributed by atoms with Crippen molar-refractivity contribution in [3.05, 3.63) is 53.1 Å². The van der Waals surface area contributed by atoms with Crippen molar-refractivity contribution in [1.82, 2.24) is 0 Å². The molecule has 0 aliphatic rings. The number of benzene rings is 2. The first kappa shape index (κ1) is 14.7. The number of anilines is 2. The second kappa shape index (κ2) is 5.73. The lowest BCUT2D eigenvalue weighted by Crippen LogP contribution is -2.02. The maximum absolute atomic E-state index is 11.4. The Bertz CT molecular complexity index is 712. The number of rotatable bonds is 4. The highest BCUT2D eigenvalue weighted by molar-refractivity contribution is 7.90. The summed E-state index contributed by atoms with van der Waals surface area (Å²) in [5.41, 5.74) is 7.98. The second-order valence-corrected chi connectivity index (χ2v) is 6.93. The van der Waals surface area contributed by atoms with Gasteiger partial charge in [-0.05, 0) is 35.9 Å². The van der Waals surface area contributed by atoms with E-state index in [9.17, 15) is 8.42 Å². The quantitative estimate of drug-likeness (QED) is 0.852. The molecular weight excluding hydrogens is 296 g/mol. The van der Waals surface area contributed by atoms with E-state index in [0.29, 0.717) is 22.2 Å². The van der Waals surface area contributed by atoms with Crippen LogP contribution < -0.4 is 11.1 Å². The van der Waals surface area contributed by atoms with Crippen molar-refractivity contribution in [3.8, 4) is 0 Å². The first-order valence-electron chi connectivity index (χ1n) is 5.94. The molecule has 2 aromatic rings. The van der Waals surface area contributed by atoms with Crippen LogP contribution in [0, 0.1) is 0 Å². The van der Waals surface area contributed by atoms with E-state index in [4.69, 9.17) is 17.3 Å². The van der Waals surface area contributed by atoms with Gasteiger partial charge in [-0.15, -0.1) is 0 Å². The molecule has 0 heterocycles. The van der Waals surface area contributed by atoms with Gasteiger partial charge in [0.1, 0.15) is 0 Å². The summed E-state index contributed by atoms with van der Waals surface area (Å²) >= 11 is 6.06. The van der Waals surface area contributed by atoms with Crippen molar-refractivity contribution < 1.29 is 8.42 Å². The molecule has 0 aromatic heterocycles. The molecule has 106 valence electrons. The monoisotopic (exact) mass is 310 g/mol. The summed E-state index contributed by atoms with van der Waals surface area (Å²) in [4.78, 5) is 0.312. The van der Waals surface area contributed by atoms with Gasteiger partial charge >= 0.3 is 0 Å². The molecule has 0 spiro atoms. The van der Waals surface area contributed by atoms with Gasteiger partial charge in [0, 0.05) is 18.5 Å². The fourth-order valence-electron chi connectivity index (χ4n) is 1.73. The maximum atomic E-state index is 11.4. The third-order valence-electron chi connectivity index (χ3n) is 2.83. The van der Waals surface area contributed by atoms with Crippen LogP contribution in [0.25, 0.3) is 0 Å². The van der Waals surface area contributed by atoms with Gasteiger partial charge in [-0.3, -0.25) is 0 Å². The van der Waals surface area contributed by atoms with Gasteiger partial charge in [-0.25, -0.2) is 8.42 Å². The summed E-state index contributed by atoms with van der Waals surface area (Å²) in [6.45, 7) is 0.549. The fraction of sp³-hybridized carbons (Fsp3) is 0.143. The normalized spacial score (nSPS) is 11.3. The highest BCUT2D eigenvalue weighted by Gasteiger charge is 2.06. The lowest BCUT2D eigenvalue weighted by Gasteiger charge is -2.09. The van der Waals surface area contributed by atoms with Gasteiger partial charge in [0.05, 0.1) is 15.6 Å². The highest BCUT2D eigenvalue weighted by Crippen LogP contribution is 2.24. The molecule has 20 heavy (non-hydrogen) atoms. The Morgan fingerprint density at radius 2 is 1.80 bits per heavy atom. The first-order chi connectivity index (χ1) is 9.36. The topological polar surface area (TPSA) is 72.2 Å². The van der Waals surface area contributed by atoms with E-state index >= 15 is 0 Å². The Kier molecular flexibility index (Phi) is 4.20. The minimum Gasteiger partial charge on any atom is -0.399 e. The van der Waals surface area contributed by atoms with Crippen LogP contribution in [-0.4, -0.2) is 14.7 Å². The van der Waals surface area contributed by atoms with Crippen LogP contribution in [0.1, 0.15) is 5.56 Å². The maximum Gasteiger partial charge on any atom is 0.175 e. The predicted molar refractivity (Wildman–Crippen MR) is 82.7 cm³/mol. The van der Waals surface area contributed by atoms with E-state index < -0.39 is 9.84 Å². The number of nitrogen functional groups attached to an aromatic ring is 1. The van der Waals surface area contributed by atoms with Crippen molar-refractivity contribution in [2.75, 3.05) is 17.3 Å². The third kappa shape index (κ3) is 3.65. The molecule has 2 aromatic carbocycles. The van der Waals surface area contributed by atoms with Crippen LogP contribution in [0.15, 0.2) is 47.4 Å². The lowest BCUT2D eigenvalue weighted by molar-refractivity contribution is 0.602. The summed E-state index contributed by atoms with van der Waals surface area (Å²) in [7, 11) is -3.15. The summed E-state index contributed by atoms with van der Waals surface area (Å²) in [5, 5.41) is 3.73. The first-order valence-corrected chi connectivity index (χ1v) is 8.21. The van der Waals surface area contributed by atoms with Gasteiger partial charge in [0.15, 0.2) is 9.84 Å². The van der Waals surface area contributed by atoms with Gasteiger partial charge in [-0.1, -0.05) is 23.7 Å². The molecule has 0 fully saturated rings. The zero-order chi connectivity index (χ0) is 14.8. The molecular formula is C14H15ClN2O2S. The molecule has 0 radical (unpaired) electrons. The van der Waals surface area contributed by atoms with Gasteiger partial charge in [0.2, 0.25) is 0 Å². The second-order valence-electron chi connectivity index (χ2n) is 4.51. The van der Waals surface area contributed by atoms with Gasteiger partial charge in [0.25, 0.3) is 0 Å². The molecule has 0 unspecified atom stereocenters. The molecule has 0 aliphatic carbocycles. The van der Waals surface area contributed by atoms with Crippen molar-refractivity contribution in [3.63, 3.8) is 0 Å². The SMILES string of the molecule is CS(=O)(=O)c1ccc(CNc2ccc(N)cc2Cl)cc1. The van der Waals surface area contributed by atoms with Crippen molar-refractivity contribution >= 4 is 32.8 Å². The molecule has 0 atom stereocenters. The molecule has 0 bridgehead atoms. The van der Waals surface area contributed by atoms with Crippen LogP contribution in [0.2, 0.25) is 5.02 Å². The fourth-order valence-corrected chi connectivity index (χ4v) is 2.61. The summed E-state index contributed by atoms with van der Waals surface area (Å²) in [6, 6.07) is 12.0. The zero-order valence-electron chi connectivity index (χ0n) is 10.9. The van der Waals surface area contributed by atoms with E-state index in [1.165, 1.54) is 6.26 Å². The smallest absolute Gasteiger partial charge is 0.175 e. The lowest BCUT2D eigenvalue weighted by atomic mass is 10.2. The van der Waals surface area contributed by atoms with E-state index in [0.717, 1.165) is 11.3 Å². The Morgan fingerprint density at radius 1 is 1.15 bits per heavy atom. The molecule has 6 heteroatoms. The predicted octanol–water partition coefficient (Wildman–Crippen LogP) is 2.94.